The van der Waals surface area contributed by atoms with Crippen LogP contribution >= 0.6 is 0 Å². The number of hydrogen-bond acceptors (Lipinski definition) is 3. The molecule has 70 valence electrons. The van der Waals surface area contributed by atoms with Crippen molar-refractivity contribution in [2.45, 2.75) is 13.3 Å². The molecule has 5 nitrogen and oxygen atoms in total. The van der Waals surface area contributed by atoms with Gasteiger partial charge in [0.05, 0.1) is 6.20 Å². The highest BCUT2D eigenvalue weighted by Gasteiger charge is 2.18. The summed E-state index contributed by atoms with van der Waals surface area (Å²) in [4.78, 5) is 20.9. The number of carbonyl (C=O) groups is 2. The van der Waals surface area contributed by atoms with Gasteiger partial charge in [-0.15, -0.1) is 0 Å². The van der Waals surface area contributed by atoms with Crippen molar-refractivity contribution in [2.24, 2.45) is 5.92 Å². The number of aromatic nitrogens is 2. The van der Waals surface area contributed by atoms with Gasteiger partial charge in [-0.1, -0.05) is 0 Å². The van der Waals surface area contributed by atoms with Crippen molar-refractivity contribution in [3.63, 3.8) is 0 Å². The summed E-state index contributed by atoms with van der Waals surface area (Å²) in [6.45, 7) is 1.78. The molecule has 1 unspecified atom stereocenters. The van der Waals surface area contributed by atoms with Gasteiger partial charge < -0.3 is 9.90 Å². The highest BCUT2D eigenvalue weighted by molar-refractivity contribution is 5.86. The Bertz CT molecular complexity index is 319. The summed E-state index contributed by atoms with van der Waals surface area (Å²) in [5.41, 5.74) is 1.56. The number of nitrogens with one attached hydrogen (secondary N) is 1. The lowest BCUT2D eigenvalue weighted by atomic mass is 10.0. The highest BCUT2D eigenvalue weighted by atomic mass is 16.4. The Morgan fingerprint density at radius 1 is 1.85 bits per heavy atom. The zero-order valence-corrected chi connectivity index (χ0v) is 7.15. The number of H-pyrrole nitrogens is 1. The number of aryl methyl sites for hydroxylation is 1. The fourth-order valence-electron chi connectivity index (χ4n) is 1.01. The normalized spacial score (nSPS) is 12.4. The summed E-state index contributed by atoms with van der Waals surface area (Å²) in [6, 6.07) is 0. The predicted octanol–water partition coefficient (Wildman–Crippen LogP) is 0.160. The summed E-state index contributed by atoms with van der Waals surface area (Å²) < 4.78 is 0. The van der Waals surface area contributed by atoms with Crippen LogP contribution in [-0.2, 0) is 16.0 Å². The number of nitrogens with zero attached hydrogens (tertiary/aromatic N) is 1. The van der Waals surface area contributed by atoms with Gasteiger partial charge in [0.2, 0.25) is 0 Å². The van der Waals surface area contributed by atoms with Crippen molar-refractivity contribution in [1.29, 1.82) is 0 Å². The molecule has 0 spiro atoms. The number of carboxylic acid groups (broad SMARTS) is 1. The molecule has 0 aromatic carbocycles. The molecule has 0 saturated carbocycles. The van der Waals surface area contributed by atoms with E-state index in [2.05, 4.69) is 10.2 Å². The predicted molar refractivity (Wildman–Crippen MR) is 44.2 cm³/mol. The third-order valence-electron chi connectivity index (χ3n) is 1.86. The third-order valence-corrected chi connectivity index (χ3v) is 1.86. The van der Waals surface area contributed by atoms with Crippen molar-refractivity contribution < 1.29 is 14.7 Å². The molecule has 1 heterocycles. The van der Waals surface area contributed by atoms with Crippen LogP contribution in [0.1, 0.15) is 11.3 Å². The Balaban J connectivity index is 2.72. The summed E-state index contributed by atoms with van der Waals surface area (Å²) in [7, 11) is 0. The van der Waals surface area contributed by atoms with Gasteiger partial charge in [-0.25, -0.2) is 0 Å². The van der Waals surface area contributed by atoms with Gasteiger partial charge in [-0.05, 0) is 18.9 Å². The van der Waals surface area contributed by atoms with Crippen molar-refractivity contribution in [2.75, 3.05) is 0 Å². The number of carboxylic acids is 1. The Labute approximate surface area is 74.8 Å². The van der Waals surface area contributed by atoms with E-state index < -0.39 is 11.9 Å². The first-order valence-corrected chi connectivity index (χ1v) is 3.82. The van der Waals surface area contributed by atoms with Crippen LogP contribution in [0.25, 0.3) is 0 Å². The van der Waals surface area contributed by atoms with Gasteiger partial charge >= 0.3 is 5.97 Å². The quantitative estimate of drug-likeness (QED) is 0.513. The Morgan fingerprint density at radius 3 is 2.92 bits per heavy atom. The first-order chi connectivity index (χ1) is 6.15. The second kappa shape index (κ2) is 3.84. The van der Waals surface area contributed by atoms with Crippen LogP contribution in [0.4, 0.5) is 0 Å². The number of aliphatic carboxylic acids is 1. The topological polar surface area (TPSA) is 83.0 Å². The summed E-state index contributed by atoms with van der Waals surface area (Å²) in [6.07, 6.45) is 2.17. The average molecular weight is 182 g/mol. The van der Waals surface area contributed by atoms with E-state index in [1.165, 1.54) is 6.20 Å². The highest BCUT2D eigenvalue weighted by Crippen LogP contribution is 2.09. The van der Waals surface area contributed by atoms with Gasteiger partial charge in [0, 0.05) is 5.69 Å². The standard InChI is InChI=1S/C8H10N2O3/c1-5-6(3-9-10-5)2-7(4-11)8(12)13/h3-4,7H,2H2,1H3,(H,9,10)(H,12,13). The molecule has 0 fully saturated rings. The lowest BCUT2D eigenvalue weighted by Crippen LogP contribution is -2.17. The van der Waals surface area contributed by atoms with E-state index in [0.29, 0.717) is 6.29 Å². The first-order valence-electron chi connectivity index (χ1n) is 3.82. The molecule has 0 radical (unpaired) electrons. The molecule has 0 aliphatic carbocycles. The molecule has 0 amide bonds. The van der Waals surface area contributed by atoms with E-state index in [1.54, 1.807) is 6.92 Å². The monoisotopic (exact) mass is 182 g/mol. The molecule has 1 atom stereocenters. The van der Waals surface area contributed by atoms with E-state index in [4.69, 9.17) is 5.11 Å². The maximum atomic E-state index is 10.5. The largest absolute Gasteiger partial charge is 0.481 e. The van der Waals surface area contributed by atoms with Crippen LogP contribution in [-0.4, -0.2) is 27.6 Å². The Kier molecular flexibility index (Phi) is 2.79. The molecular weight excluding hydrogens is 172 g/mol. The van der Waals surface area contributed by atoms with E-state index in [-0.39, 0.29) is 6.42 Å². The summed E-state index contributed by atoms with van der Waals surface area (Å²) in [5, 5.41) is 15.0. The van der Waals surface area contributed by atoms with Crippen LogP contribution in [0, 0.1) is 12.8 Å². The first kappa shape index (κ1) is 9.44. The van der Waals surface area contributed by atoms with Crippen LogP contribution < -0.4 is 0 Å². The van der Waals surface area contributed by atoms with Crippen molar-refractivity contribution in [3.05, 3.63) is 17.5 Å². The van der Waals surface area contributed by atoms with Gasteiger partial charge in [-0.3, -0.25) is 9.89 Å². The molecule has 0 saturated heterocycles. The number of carbonyl (C=O) groups excluding carboxylic acids is 1. The summed E-state index contributed by atoms with van der Waals surface area (Å²) >= 11 is 0. The van der Waals surface area contributed by atoms with Crippen LogP contribution in [0.15, 0.2) is 6.20 Å². The molecule has 0 aliphatic heterocycles. The smallest absolute Gasteiger partial charge is 0.314 e. The SMILES string of the molecule is Cc1[nH]ncc1CC(C=O)C(=O)O. The molecule has 13 heavy (non-hydrogen) atoms. The fourth-order valence-corrected chi connectivity index (χ4v) is 1.01. The van der Waals surface area contributed by atoms with E-state index in [0.717, 1.165) is 11.3 Å². The minimum atomic E-state index is -1.10. The molecule has 1 rings (SSSR count). The lowest BCUT2D eigenvalue weighted by Gasteiger charge is -2.02. The molecule has 2 N–H and O–H groups in total. The molecule has 0 aliphatic rings. The zero-order valence-electron chi connectivity index (χ0n) is 7.15. The minimum Gasteiger partial charge on any atom is -0.481 e. The van der Waals surface area contributed by atoms with Gasteiger partial charge in [-0.2, -0.15) is 5.10 Å². The van der Waals surface area contributed by atoms with Crippen molar-refractivity contribution >= 4 is 12.3 Å². The van der Waals surface area contributed by atoms with Crippen molar-refractivity contribution in [3.8, 4) is 0 Å². The van der Waals surface area contributed by atoms with Gasteiger partial charge in [0.1, 0.15) is 12.2 Å². The number of aromatic amines is 1. The number of hydrogen-bond donors (Lipinski definition) is 2. The molecule has 1 aromatic heterocycles. The van der Waals surface area contributed by atoms with E-state index in [1.807, 2.05) is 0 Å². The summed E-state index contributed by atoms with van der Waals surface area (Å²) in [5.74, 6) is -2.08. The van der Waals surface area contributed by atoms with Crippen molar-refractivity contribution in [1.82, 2.24) is 10.2 Å². The van der Waals surface area contributed by atoms with Crippen LogP contribution in [0.2, 0.25) is 0 Å². The number of aldehydes is 1. The van der Waals surface area contributed by atoms with E-state index in [9.17, 15) is 9.59 Å². The molecule has 1 aromatic rings. The molecule has 5 heteroatoms. The average Bonchev–Trinajstić information content (AvgIpc) is 2.46. The maximum Gasteiger partial charge on any atom is 0.314 e. The Morgan fingerprint density at radius 2 is 2.54 bits per heavy atom. The maximum absolute atomic E-state index is 10.5. The van der Waals surface area contributed by atoms with Crippen LogP contribution in [0.3, 0.4) is 0 Å². The van der Waals surface area contributed by atoms with Gasteiger partial charge in [0.15, 0.2) is 0 Å². The lowest BCUT2D eigenvalue weighted by molar-refractivity contribution is -0.143. The molecule has 0 bridgehead atoms. The zero-order chi connectivity index (χ0) is 9.84. The third kappa shape index (κ3) is 2.14. The Hall–Kier alpha value is -1.65. The minimum absolute atomic E-state index is 0.196. The van der Waals surface area contributed by atoms with Gasteiger partial charge in [0.25, 0.3) is 0 Å². The molecular formula is C8H10N2O3. The number of rotatable bonds is 4. The van der Waals surface area contributed by atoms with E-state index >= 15 is 0 Å². The second-order valence-corrected chi connectivity index (χ2v) is 2.81. The fraction of sp³-hybridized carbons (Fsp3) is 0.375. The second-order valence-electron chi connectivity index (χ2n) is 2.81. The van der Waals surface area contributed by atoms with Crippen LogP contribution in [0.5, 0.6) is 0 Å².